The lowest BCUT2D eigenvalue weighted by Crippen LogP contribution is -2.44. The van der Waals surface area contributed by atoms with Crippen LogP contribution in [0, 0.1) is 0 Å². The van der Waals surface area contributed by atoms with E-state index in [0.29, 0.717) is 19.1 Å². The molecule has 0 aromatic heterocycles. The molecule has 1 amide bonds. The van der Waals surface area contributed by atoms with Crippen molar-refractivity contribution in [3.63, 3.8) is 0 Å². The number of guanidine groups is 1. The summed E-state index contributed by atoms with van der Waals surface area (Å²) in [4.78, 5) is 16.4. The van der Waals surface area contributed by atoms with Crippen LogP contribution in [0.1, 0.15) is 45.7 Å². The number of alkyl carbamates (subject to hydrolysis) is 1. The highest BCUT2D eigenvalue weighted by molar-refractivity contribution is 5.79. The standard InChI is InChI=1S/C20H34N4O3/c1-6-26-14-10-13-22-18(21-5)23-15-17(16-11-8-7-9-12-16)24-19(25)27-20(2,3)4/h7-9,11-12,17H,6,10,13-15H2,1-5H3,(H,24,25)(H2,21,22,23). The fourth-order valence-corrected chi connectivity index (χ4v) is 2.33. The van der Waals surface area contributed by atoms with Gasteiger partial charge in [0.05, 0.1) is 6.04 Å². The predicted octanol–water partition coefficient (Wildman–Crippen LogP) is 2.84. The maximum absolute atomic E-state index is 12.2. The van der Waals surface area contributed by atoms with E-state index in [-0.39, 0.29) is 6.04 Å². The molecule has 0 radical (unpaired) electrons. The number of amides is 1. The van der Waals surface area contributed by atoms with Gasteiger partial charge in [-0.15, -0.1) is 0 Å². The molecule has 27 heavy (non-hydrogen) atoms. The number of carbonyl (C=O) groups is 1. The van der Waals surface area contributed by atoms with Crippen LogP contribution in [0.25, 0.3) is 0 Å². The quantitative estimate of drug-likeness (QED) is 0.350. The van der Waals surface area contributed by atoms with Gasteiger partial charge in [-0.2, -0.15) is 0 Å². The molecule has 152 valence electrons. The topological polar surface area (TPSA) is 84.0 Å². The summed E-state index contributed by atoms with van der Waals surface area (Å²) in [6.07, 6.45) is 0.449. The first-order valence-electron chi connectivity index (χ1n) is 9.42. The van der Waals surface area contributed by atoms with Gasteiger partial charge < -0.3 is 25.4 Å². The summed E-state index contributed by atoms with van der Waals surface area (Å²) < 4.78 is 10.7. The number of hydrogen-bond donors (Lipinski definition) is 3. The van der Waals surface area contributed by atoms with Gasteiger partial charge in [-0.1, -0.05) is 30.3 Å². The number of benzene rings is 1. The van der Waals surface area contributed by atoms with E-state index in [4.69, 9.17) is 9.47 Å². The second-order valence-corrected chi connectivity index (χ2v) is 7.04. The lowest BCUT2D eigenvalue weighted by Gasteiger charge is -2.24. The van der Waals surface area contributed by atoms with Gasteiger partial charge in [-0.05, 0) is 39.7 Å². The van der Waals surface area contributed by atoms with Crippen molar-refractivity contribution in [2.24, 2.45) is 4.99 Å². The third-order valence-electron chi connectivity index (χ3n) is 3.55. The first kappa shape index (κ1) is 22.8. The molecule has 0 saturated carbocycles. The van der Waals surface area contributed by atoms with Crippen molar-refractivity contribution in [2.45, 2.75) is 45.8 Å². The molecule has 1 atom stereocenters. The van der Waals surface area contributed by atoms with E-state index in [9.17, 15) is 4.79 Å². The Morgan fingerprint density at radius 2 is 1.89 bits per heavy atom. The lowest BCUT2D eigenvalue weighted by atomic mass is 10.1. The SMILES string of the molecule is CCOCCCNC(=NC)NCC(NC(=O)OC(C)(C)C)c1ccccc1. The third kappa shape index (κ3) is 10.5. The molecular formula is C20H34N4O3. The van der Waals surface area contributed by atoms with Crippen LogP contribution in [0.15, 0.2) is 35.3 Å². The van der Waals surface area contributed by atoms with Crippen LogP contribution in [0.4, 0.5) is 4.79 Å². The zero-order chi connectivity index (χ0) is 20.1. The molecule has 1 unspecified atom stereocenters. The predicted molar refractivity (Wildman–Crippen MR) is 109 cm³/mol. The Morgan fingerprint density at radius 3 is 2.48 bits per heavy atom. The molecular weight excluding hydrogens is 344 g/mol. The molecule has 3 N–H and O–H groups in total. The fraction of sp³-hybridized carbons (Fsp3) is 0.600. The van der Waals surface area contributed by atoms with Gasteiger partial charge in [-0.3, -0.25) is 4.99 Å². The van der Waals surface area contributed by atoms with Crippen molar-refractivity contribution >= 4 is 12.1 Å². The van der Waals surface area contributed by atoms with Crippen LogP contribution in [0.5, 0.6) is 0 Å². The van der Waals surface area contributed by atoms with E-state index in [1.54, 1.807) is 7.05 Å². The van der Waals surface area contributed by atoms with Crippen molar-refractivity contribution < 1.29 is 14.3 Å². The normalized spacial score (nSPS) is 13.0. The van der Waals surface area contributed by atoms with E-state index in [2.05, 4.69) is 20.9 Å². The van der Waals surface area contributed by atoms with Crippen molar-refractivity contribution in [3.05, 3.63) is 35.9 Å². The van der Waals surface area contributed by atoms with Crippen LogP contribution < -0.4 is 16.0 Å². The number of rotatable bonds is 9. The second-order valence-electron chi connectivity index (χ2n) is 7.04. The molecule has 1 rings (SSSR count). The van der Waals surface area contributed by atoms with Crippen LogP contribution in [0.3, 0.4) is 0 Å². The molecule has 0 bridgehead atoms. The number of nitrogens with one attached hydrogen (secondary N) is 3. The van der Waals surface area contributed by atoms with E-state index >= 15 is 0 Å². The Balaban J connectivity index is 2.62. The Labute approximate surface area is 162 Å². The molecule has 1 aromatic carbocycles. The Morgan fingerprint density at radius 1 is 1.19 bits per heavy atom. The van der Waals surface area contributed by atoms with Gasteiger partial charge in [0.2, 0.25) is 0 Å². The van der Waals surface area contributed by atoms with Gasteiger partial charge in [0.1, 0.15) is 5.60 Å². The van der Waals surface area contributed by atoms with Crippen molar-refractivity contribution in [2.75, 3.05) is 33.4 Å². The summed E-state index contributed by atoms with van der Waals surface area (Å²) in [6.45, 7) is 10.2. The molecule has 7 nitrogen and oxygen atoms in total. The van der Waals surface area contributed by atoms with E-state index < -0.39 is 11.7 Å². The molecule has 0 aliphatic heterocycles. The minimum Gasteiger partial charge on any atom is -0.444 e. The van der Waals surface area contributed by atoms with Crippen LogP contribution in [-0.4, -0.2) is 51.0 Å². The molecule has 0 saturated heterocycles. The Hall–Kier alpha value is -2.28. The second kappa shape index (κ2) is 12.2. The van der Waals surface area contributed by atoms with Gasteiger partial charge in [0.25, 0.3) is 0 Å². The van der Waals surface area contributed by atoms with Crippen LogP contribution in [0.2, 0.25) is 0 Å². The summed E-state index contributed by atoms with van der Waals surface area (Å²) in [5.41, 5.74) is 0.444. The van der Waals surface area contributed by atoms with Crippen LogP contribution >= 0.6 is 0 Å². The van der Waals surface area contributed by atoms with E-state index in [1.165, 1.54) is 0 Å². The van der Waals surface area contributed by atoms with Crippen molar-refractivity contribution in [3.8, 4) is 0 Å². The molecule has 0 fully saturated rings. The smallest absolute Gasteiger partial charge is 0.408 e. The summed E-state index contributed by atoms with van der Waals surface area (Å²) in [7, 11) is 1.72. The zero-order valence-electron chi connectivity index (χ0n) is 17.2. The molecule has 7 heteroatoms. The molecule has 0 aliphatic carbocycles. The average molecular weight is 379 g/mol. The Kier molecular flexibility index (Phi) is 10.3. The maximum Gasteiger partial charge on any atom is 0.408 e. The molecule has 0 heterocycles. The van der Waals surface area contributed by atoms with Gasteiger partial charge in [-0.25, -0.2) is 4.79 Å². The first-order chi connectivity index (χ1) is 12.9. The lowest BCUT2D eigenvalue weighted by molar-refractivity contribution is 0.0504. The molecule has 0 aliphatic rings. The summed E-state index contributed by atoms with van der Waals surface area (Å²) >= 11 is 0. The number of ether oxygens (including phenoxy) is 2. The summed E-state index contributed by atoms with van der Waals surface area (Å²) in [5, 5.41) is 9.42. The van der Waals surface area contributed by atoms with Gasteiger partial charge in [0, 0.05) is 33.4 Å². The van der Waals surface area contributed by atoms with Gasteiger partial charge in [0.15, 0.2) is 5.96 Å². The third-order valence-corrected chi connectivity index (χ3v) is 3.55. The average Bonchev–Trinajstić information content (AvgIpc) is 2.62. The maximum atomic E-state index is 12.2. The number of hydrogen-bond acceptors (Lipinski definition) is 4. The van der Waals surface area contributed by atoms with Crippen molar-refractivity contribution in [1.82, 2.24) is 16.0 Å². The first-order valence-corrected chi connectivity index (χ1v) is 9.42. The summed E-state index contributed by atoms with van der Waals surface area (Å²) in [6, 6.07) is 9.53. The highest BCUT2D eigenvalue weighted by Crippen LogP contribution is 2.14. The van der Waals surface area contributed by atoms with Gasteiger partial charge >= 0.3 is 6.09 Å². The van der Waals surface area contributed by atoms with E-state index in [0.717, 1.165) is 25.1 Å². The fourth-order valence-electron chi connectivity index (χ4n) is 2.33. The highest BCUT2D eigenvalue weighted by atomic mass is 16.6. The van der Waals surface area contributed by atoms with E-state index in [1.807, 2.05) is 58.0 Å². The monoisotopic (exact) mass is 378 g/mol. The molecule has 0 spiro atoms. The molecule has 1 aromatic rings. The highest BCUT2D eigenvalue weighted by Gasteiger charge is 2.20. The number of carbonyl (C=O) groups excluding carboxylic acids is 1. The van der Waals surface area contributed by atoms with Crippen molar-refractivity contribution in [1.29, 1.82) is 0 Å². The largest absolute Gasteiger partial charge is 0.444 e. The Bertz CT molecular complexity index is 570. The minimum atomic E-state index is -0.545. The minimum absolute atomic E-state index is 0.247. The number of aliphatic imine (C=N–C) groups is 1. The number of nitrogens with zero attached hydrogens (tertiary/aromatic N) is 1. The zero-order valence-corrected chi connectivity index (χ0v) is 17.2. The summed E-state index contributed by atoms with van der Waals surface area (Å²) in [5.74, 6) is 0.679. The van der Waals surface area contributed by atoms with Crippen LogP contribution in [-0.2, 0) is 9.47 Å².